The Morgan fingerprint density at radius 2 is 2.04 bits per heavy atom. The van der Waals surface area contributed by atoms with Crippen molar-refractivity contribution in [2.24, 2.45) is 0 Å². The molecule has 2 amide bonds. The van der Waals surface area contributed by atoms with E-state index in [1.807, 2.05) is 0 Å². The van der Waals surface area contributed by atoms with Gasteiger partial charge in [-0.05, 0) is 17.7 Å². The summed E-state index contributed by atoms with van der Waals surface area (Å²) >= 11 is 7.16. The summed E-state index contributed by atoms with van der Waals surface area (Å²) in [6.45, 7) is 0. The highest BCUT2D eigenvalue weighted by Crippen LogP contribution is 2.40. The molecular weight excluding hydrogens is 340 g/mol. The van der Waals surface area contributed by atoms with Gasteiger partial charge in [-0.25, -0.2) is 4.79 Å². The van der Waals surface area contributed by atoms with Crippen LogP contribution in [0.5, 0.6) is 0 Å². The summed E-state index contributed by atoms with van der Waals surface area (Å²) in [6, 6.07) is 7.84. The van der Waals surface area contributed by atoms with E-state index in [9.17, 15) is 19.5 Å². The molecule has 3 rings (SSSR count). The van der Waals surface area contributed by atoms with Crippen molar-refractivity contribution in [3.05, 3.63) is 47.2 Å². The molecule has 0 bridgehead atoms. The van der Waals surface area contributed by atoms with Crippen molar-refractivity contribution in [1.82, 2.24) is 10.2 Å². The lowest BCUT2D eigenvalue weighted by Crippen LogP contribution is -2.70. The number of nitrogens with one attached hydrogen (secondary N) is 1. The van der Waals surface area contributed by atoms with Crippen molar-refractivity contribution >= 4 is 41.1 Å². The van der Waals surface area contributed by atoms with E-state index in [0.29, 0.717) is 16.9 Å². The van der Waals surface area contributed by atoms with Gasteiger partial charge in [0, 0.05) is 17.2 Å². The second-order valence-electron chi connectivity index (χ2n) is 5.12. The monoisotopic (exact) mass is 352 g/mol. The first-order chi connectivity index (χ1) is 11.0. The minimum Gasteiger partial charge on any atom is -0.477 e. The molecule has 0 aliphatic carbocycles. The number of carbonyl (C=O) groups excluding carboxylic acids is 2. The number of thioether (sulfide) groups is 1. The molecule has 1 fully saturated rings. The molecule has 2 atom stereocenters. The van der Waals surface area contributed by atoms with Crippen molar-refractivity contribution in [3.8, 4) is 0 Å². The normalized spacial score (nSPS) is 23.2. The number of hydrogen-bond donors (Lipinski definition) is 2. The van der Waals surface area contributed by atoms with E-state index in [-0.39, 0.29) is 17.5 Å². The van der Waals surface area contributed by atoms with E-state index in [2.05, 4.69) is 5.32 Å². The number of alkyl halides is 1. The highest BCUT2D eigenvalue weighted by atomic mass is 35.5. The number of carbonyl (C=O) groups is 3. The fraction of sp³-hybridized carbons (Fsp3) is 0.267. The van der Waals surface area contributed by atoms with Crippen LogP contribution in [-0.4, -0.2) is 50.8 Å². The predicted octanol–water partition coefficient (Wildman–Crippen LogP) is 1.28. The zero-order chi connectivity index (χ0) is 16.6. The molecule has 2 aliphatic rings. The van der Waals surface area contributed by atoms with Crippen molar-refractivity contribution in [1.29, 1.82) is 0 Å². The molecule has 1 aromatic carbocycles. The average Bonchev–Trinajstić information content (AvgIpc) is 2.58. The third-order valence-electron chi connectivity index (χ3n) is 3.73. The van der Waals surface area contributed by atoms with Gasteiger partial charge < -0.3 is 10.4 Å². The van der Waals surface area contributed by atoms with Gasteiger partial charge in [0.25, 0.3) is 11.8 Å². The minimum atomic E-state index is -1.17. The van der Waals surface area contributed by atoms with Crippen LogP contribution in [0.15, 0.2) is 41.6 Å². The summed E-state index contributed by atoms with van der Waals surface area (Å²) in [6.07, 6.45) is 0. The number of hydrogen-bond acceptors (Lipinski definition) is 4. The standard InChI is InChI=1S/C15H13ClN2O4S/c16-6-9-7-23-14-10(13(20)18(14)11(9)15(21)22)17-12(19)8-4-2-1-3-5-8/h1-5,10,14H,6-7H2,(H,17,19)(H,21,22)/t10?,14-/m0/s1. The Hall–Kier alpha value is -1.99. The third kappa shape index (κ3) is 2.70. The molecule has 6 nitrogen and oxygen atoms in total. The van der Waals surface area contributed by atoms with Crippen LogP contribution >= 0.6 is 23.4 Å². The number of amides is 2. The highest BCUT2D eigenvalue weighted by Gasteiger charge is 2.54. The van der Waals surface area contributed by atoms with E-state index in [0.717, 1.165) is 0 Å². The summed E-state index contributed by atoms with van der Waals surface area (Å²) < 4.78 is 0. The fourth-order valence-electron chi connectivity index (χ4n) is 2.60. The minimum absolute atomic E-state index is 0.0565. The lowest BCUT2D eigenvalue weighted by Gasteiger charge is -2.49. The quantitative estimate of drug-likeness (QED) is 0.629. The smallest absolute Gasteiger partial charge is 0.352 e. The Morgan fingerprint density at radius 3 is 2.65 bits per heavy atom. The summed E-state index contributed by atoms with van der Waals surface area (Å²) in [4.78, 5) is 37.1. The van der Waals surface area contributed by atoms with Crippen LogP contribution in [0.2, 0.25) is 0 Å². The first kappa shape index (κ1) is 15.9. The zero-order valence-electron chi connectivity index (χ0n) is 11.9. The highest BCUT2D eigenvalue weighted by molar-refractivity contribution is 8.00. The van der Waals surface area contributed by atoms with E-state index < -0.39 is 23.3 Å². The summed E-state index contributed by atoms with van der Waals surface area (Å²) in [5.41, 5.74) is 0.913. The lowest BCUT2D eigenvalue weighted by atomic mass is 10.0. The van der Waals surface area contributed by atoms with Gasteiger partial charge >= 0.3 is 5.97 Å². The maximum absolute atomic E-state index is 12.3. The second kappa shape index (κ2) is 6.25. The van der Waals surface area contributed by atoms with Gasteiger partial charge in [0.05, 0.1) is 0 Å². The molecule has 8 heteroatoms. The fourth-order valence-corrected chi connectivity index (χ4v) is 4.28. The Bertz CT molecular complexity index is 707. The molecule has 0 saturated carbocycles. The van der Waals surface area contributed by atoms with Gasteiger partial charge in [0.2, 0.25) is 0 Å². The molecule has 0 aromatic heterocycles. The molecule has 2 heterocycles. The van der Waals surface area contributed by atoms with Crippen LogP contribution < -0.4 is 5.32 Å². The molecular formula is C15H13ClN2O4S. The Morgan fingerprint density at radius 1 is 1.35 bits per heavy atom. The third-order valence-corrected chi connectivity index (χ3v) is 5.40. The first-order valence-corrected chi connectivity index (χ1v) is 8.44. The van der Waals surface area contributed by atoms with Crippen LogP contribution in [0.4, 0.5) is 0 Å². The second-order valence-corrected chi connectivity index (χ2v) is 6.49. The van der Waals surface area contributed by atoms with E-state index in [1.165, 1.54) is 16.7 Å². The van der Waals surface area contributed by atoms with Crippen LogP contribution in [0.3, 0.4) is 0 Å². The molecule has 0 spiro atoms. The van der Waals surface area contributed by atoms with Crippen molar-refractivity contribution in [2.45, 2.75) is 11.4 Å². The SMILES string of the molecule is O=C(O)C1=C(CCl)CS[C@H]2C(NC(=O)c3ccccc3)C(=O)N12. The molecule has 120 valence electrons. The van der Waals surface area contributed by atoms with Crippen LogP contribution in [0.25, 0.3) is 0 Å². The number of fused-ring (bicyclic) bond motifs is 1. The number of carboxylic acid groups (broad SMARTS) is 1. The zero-order valence-corrected chi connectivity index (χ0v) is 13.4. The molecule has 2 N–H and O–H groups in total. The summed E-state index contributed by atoms with van der Waals surface area (Å²) in [7, 11) is 0. The molecule has 1 aromatic rings. The number of β-lactam (4-membered cyclic amide) rings is 1. The molecule has 1 saturated heterocycles. The number of halogens is 1. The number of benzene rings is 1. The predicted molar refractivity (Wildman–Crippen MR) is 86.2 cm³/mol. The molecule has 2 aliphatic heterocycles. The van der Waals surface area contributed by atoms with Gasteiger partial charge in [0.15, 0.2) is 0 Å². The first-order valence-electron chi connectivity index (χ1n) is 6.86. The number of aliphatic carboxylic acids is 1. The van der Waals surface area contributed by atoms with Crippen LogP contribution in [0.1, 0.15) is 10.4 Å². The lowest BCUT2D eigenvalue weighted by molar-refractivity contribution is -0.148. The topological polar surface area (TPSA) is 86.7 Å². The maximum atomic E-state index is 12.3. The van der Waals surface area contributed by atoms with Gasteiger partial charge in [-0.15, -0.1) is 23.4 Å². The number of rotatable bonds is 4. The Labute approximate surface area is 141 Å². The molecule has 23 heavy (non-hydrogen) atoms. The maximum Gasteiger partial charge on any atom is 0.352 e. The van der Waals surface area contributed by atoms with E-state index in [1.54, 1.807) is 30.3 Å². The summed E-state index contributed by atoms with van der Waals surface area (Å²) in [5, 5.41) is 11.6. The largest absolute Gasteiger partial charge is 0.477 e. The number of nitrogens with zero attached hydrogens (tertiary/aromatic N) is 1. The van der Waals surface area contributed by atoms with Crippen molar-refractivity contribution in [3.63, 3.8) is 0 Å². The van der Waals surface area contributed by atoms with Gasteiger partial charge in [-0.3, -0.25) is 14.5 Å². The van der Waals surface area contributed by atoms with Gasteiger partial charge in [0.1, 0.15) is 17.1 Å². The molecule has 1 unspecified atom stereocenters. The van der Waals surface area contributed by atoms with Crippen molar-refractivity contribution in [2.75, 3.05) is 11.6 Å². The van der Waals surface area contributed by atoms with Crippen LogP contribution in [-0.2, 0) is 9.59 Å². The van der Waals surface area contributed by atoms with Crippen LogP contribution in [0, 0.1) is 0 Å². The Balaban J connectivity index is 1.77. The van der Waals surface area contributed by atoms with Gasteiger partial charge in [-0.2, -0.15) is 0 Å². The van der Waals surface area contributed by atoms with Crippen molar-refractivity contribution < 1.29 is 19.5 Å². The van der Waals surface area contributed by atoms with E-state index >= 15 is 0 Å². The van der Waals surface area contributed by atoms with E-state index in [4.69, 9.17) is 11.6 Å². The summed E-state index contributed by atoms with van der Waals surface area (Å²) in [5.74, 6) is -1.46. The molecule has 0 radical (unpaired) electrons. The number of carboxylic acids is 1. The van der Waals surface area contributed by atoms with Gasteiger partial charge in [-0.1, -0.05) is 18.2 Å². The average molecular weight is 353 g/mol. The Kier molecular flexibility index (Phi) is 4.32.